The summed E-state index contributed by atoms with van der Waals surface area (Å²) in [4.78, 5) is 4.62. The Balaban J connectivity index is 1.86. The van der Waals surface area contributed by atoms with Gasteiger partial charge in [-0.05, 0) is 61.7 Å². The quantitative estimate of drug-likeness (QED) is 0.369. The van der Waals surface area contributed by atoms with Crippen LogP contribution in [0.3, 0.4) is 0 Å². The lowest BCUT2D eigenvalue weighted by molar-refractivity contribution is 0.269. The fourth-order valence-corrected chi connectivity index (χ4v) is 3.30. The number of nitrogens with zero attached hydrogens (tertiary/aromatic N) is 1. The predicted octanol–water partition coefficient (Wildman–Crippen LogP) is 7.34. The van der Waals surface area contributed by atoms with Gasteiger partial charge in [-0.2, -0.15) is 0 Å². The third-order valence-corrected chi connectivity index (χ3v) is 5.03. The van der Waals surface area contributed by atoms with Crippen LogP contribution in [0, 0.1) is 13.8 Å². The Labute approximate surface area is 181 Å². The van der Waals surface area contributed by atoms with Gasteiger partial charge in [-0.1, -0.05) is 53.5 Å². The van der Waals surface area contributed by atoms with Crippen molar-refractivity contribution < 1.29 is 9.47 Å². The topological polar surface area (TPSA) is 30.8 Å². The van der Waals surface area contributed by atoms with Crippen molar-refractivity contribution in [1.82, 2.24) is 0 Å². The van der Waals surface area contributed by atoms with Crippen LogP contribution in [0.4, 0.5) is 5.69 Å². The van der Waals surface area contributed by atoms with Crippen molar-refractivity contribution in [3.8, 4) is 11.5 Å². The Kier molecular flexibility index (Phi) is 7.18. The molecule has 150 valence electrons. The second kappa shape index (κ2) is 9.82. The van der Waals surface area contributed by atoms with E-state index in [4.69, 9.17) is 32.7 Å². The summed E-state index contributed by atoms with van der Waals surface area (Å²) in [6.07, 6.45) is 1.79. The molecule has 0 bridgehead atoms. The summed E-state index contributed by atoms with van der Waals surface area (Å²) in [6.45, 7) is 6.80. The lowest BCUT2D eigenvalue weighted by Crippen LogP contribution is -2.02. The smallest absolute Gasteiger partial charge is 0.180 e. The maximum Gasteiger partial charge on any atom is 0.180 e. The average molecular weight is 428 g/mol. The second-order valence-electron chi connectivity index (χ2n) is 6.69. The summed E-state index contributed by atoms with van der Waals surface area (Å²) >= 11 is 12.7. The third-order valence-electron chi connectivity index (χ3n) is 4.38. The molecule has 3 aromatic carbocycles. The van der Waals surface area contributed by atoms with Crippen molar-refractivity contribution in [2.45, 2.75) is 27.4 Å². The number of rotatable bonds is 7. The monoisotopic (exact) mass is 427 g/mol. The number of aryl methyl sites for hydroxylation is 2. The predicted molar refractivity (Wildman–Crippen MR) is 122 cm³/mol. The second-order valence-corrected chi connectivity index (χ2v) is 7.51. The van der Waals surface area contributed by atoms with Crippen LogP contribution in [0.15, 0.2) is 59.6 Å². The standard InChI is InChI=1S/C24H23Cl2NO2/c1-4-28-23-13-18(14-27-22-11-16(2)9-10-17(22)3)12-21(26)24(23)29-15-19-7-5-6-8-20(19)25/h5-14H,4,15H2,1-3H3. The Bertz CT molecular complexity index is 1030. The molecule has 0 saturated heterocycles. The first-order valence-electron chi connectivity index (χ1n) is 9.41. The molecule has 3 nitrogen and oxygen atoms in total. The van der Waals surface area contributed by atoms with Gasteiger partial charge < -0.3 is 9.47 Å². The van der Waals surface area contributed by atoms with Gasteiger partial charge in [-0.25, -0.2) is 0 Å². The van der Waals surface area contributed by atoms with Gasteiger partial charge >= 0.3 is 0 Å². The van der Waals surface area contributed by atoms with E-state index in [-0.39, 0.29) is 0 Å². The van der Waals surface area contributed by atoms with E-state index in [1.54, 1.807) is 6.21 Å². The minimum absolute atomic E-state index is 0.301. The van der Waals surface area contributed by atoms with E-state index in [0.29, 0.717) is 34.8 Å². The number of aliphatic imine (C=N–C) groups is 1. The van der Waals surface area contributed by atoms with E-state index in [1.165, 1.54) is 5.56 Å². The first-order chi connectivity index (χ1) is 14.0. The van der Waals surface area contributed by atoms with Gasteiger partial charge in [0.1, 0.15) is 6.61 Å². The van der Waals surface area contributed by atoms with E-state index in [9.17, 15) is 0 Å². The molecule has 0 heterocycles. The SMILES string of the molecule is CCOc1cc(C=Nc2cc(C)ccc2C)cc(Cl)c1OCc1ccccc1Cl. The molecule has 0 amide bonds. The van der Waals surface area contributed by atoms with Crippen molar-refractivity contribution in [3.05, 3.63) is 86.9 Å². The number of halogens is 2. The normalized spacial score (nSPS) is 11.1. The molecular formula is C24H23Cl2NO2. The van der Waals surface area contributed by atoms with Gasteiger partial charge in [0.05, 0.1) is 17.3 Å². The Morgan fingerprint density at radius 1 is 0.931 bits per heavy atom. The first-order valence-corrected chi connectivity index (χ1v) is 10.2. The van der Waals surface area contributed by atoms with Crippen LogP contribution < -0.4 is 9.47 Å². The Morgan fingerprint density at radius 3 is 2.48 bits per heavy atom. The number of ether oxygens (including phenoxy) is 2. The highest BCUT2D eigenvalue weighted by Crippen LogP contribution is 2.37. The third kappa shape index (κ3) is 5.53. The fourth-order valence-electron chi connectivity index (χ4n) is 2.83. The number of hydrogen-bond donors (Lipinski definition) is 0. The molecule has 0 spiro atoms. The molecule has 29 heavy (non-hydrogen) atoms. The molecule has 0 N–H and O–H groups in total. The van der Waals surface area contributed by atoms with E-state index in [2.05, 4.69) is 23.2 Å². The van der Waals surface area contributed by atoms with Crippen LogP contribution in [-0.2, 0) is 6.61 Å². The van der Waals surface area contributed by atoms with Gasteiger partial charge in [0.2, 0.25) is 0 Å². The zero-order chi connectivity index (χ0) is 20.8. The van der Waals surface area contributed by atoms with Gasteiger partial charge in [0.15, 0.2) is 11.5 Å². The minimum atomic E-state index is 0.301. The van der Waals surface area contributed by atoms with E-state index >= 15 is 0 Å². The van der Waals surface area contributed by atoms with Crippen molar-refractivity contribution in [1.29, 1.82) is 0 Å². The van der Waals surface area contributed by atoms with Crippen LogP contribution in [0.2, 0.25) is 10.0 Å². The molecule has 0 atom stereocenters. The Hall–Kier alpha value is -2.49. The highest BCUT2D eigenvalue weighted by Gasteiger charge is 2.13. The Morgan fingerprint density at radius 2 is 1.72 bits per heavy atom. The van der Waals surface area contributed by atoms with Crippen molar-refractivity contribution in [2.75, 3.05) is 6.61 Å². The molecular weight excluding hydrogens is 405 g/mol. The molecule has 3 aromatic rings. The molecule has 0 unspecified atom stereocenters. The molecule has 0 aliphatic heterocycles. The average Bonchev–Trinajstić information content (AvgIpc) is 2.69. The summed E-state index contributed by atoms with van der Waals surface area (Å²) in [5, 5.41) is 1.12. The highest BCUT2D eigenvalue weighted by molar-refractivity contribution is 6.32. The molecule has 0 fully saturated rings. The van der Waals surface area contributed by atoms with Crippen LogP contribution >= 0.6 is 23.2 Å². The zero-order valence-electron chi connectivity index (χ0n) is 16.7. The molecule has 0 saturated carbocycles. The molecule has 0 radical (unpaired) electrons. The van der Waals surface area contributed by atoms with Gasteiger partial charge in [-0.3, -0.25) is 4.99 Å². The van der Waals surface area contributed by atoms with E-state index < -0.39 is 0 Å². The first kappa shape index (κ1) is 21.2. The summed E-state index contributed by atoms with van der Waals surface area (Å²) < 4.78 is 11.7. The van der Waals surface area contributed by atoms with Crippen LogP contribution in [0.5, 0.6) is 11.5 Å². The van der Waals surface area contributed by atoms with Crippen LogP contribution in [0.25, 0.3) is 0 Å². The van der Waals surface area contributed by atoms with Crippen molar-refractivity contribution in [2.24, 2.45) is 4.99 Å². The van der Waals surface area contributed by atoms with E-state index in [1.807, 2.05) is 57.2 Å². The molecule has 5 heteroatoms. The lowest BCUT2D eigenvalue weighted by Gasteiger charge is -2.15. The van der Waals surface area contributed by atoms with Gasteiger partial charge in [0.25, 0.3) is 0 Å². The highest BCUT2D eigenvalue weighted by atomic mass is 35.5. The van der Waals surface area contributed by atoms with Gasteiger partial charge in [-0.15, -0.1) is 0 Å². The molecule has 0 aliphatic carbocycles. The van der Waals surface area contributed by atoms with Crippen LogP contribution in [0.1, 0.15) is 29.2 Å². The van der Waals surface area contributed by atoms with Crippen LogP contribution in [-0.4, -0.2) is 12.8 Å². The van der Waals surface area contributed by atoms with E-state index in [0.717, 1.165) is 22.4 Å². The number of hydrogen-bond acceptors (Lipinski definition) is 3. The molecule has 0 aromatic heterocycles. The number of benzene rings is 3. The van der Waals surface area contributed by atoms with Crippen molar-refractivity contribution in [3.63, 3.8) is 0 Å². The lowest BCUT2D eigenvalue weighted by atomic mass is 10.1. The summed E-state index contributed by atoms with van der Waals surface area (Å²) in [5.74, 6) is 1.08. The maximum absolute atomic E-state index is 6.51. The zero-order valence-corrected chi connectivity index (χ0v) is 18.2. The molecule has 0 aliphatic rings. The van der Waals surface area contributed by atoms with Gasteiger partial charge in [0, 0.05) is 16.8 Å². The summed E-state index contributed by atoms with van der Waals surface area (Å²) in [7, 11) is 0. The van der Waals surface area contributed by atoms with Crippen molar-refractivity contribution >= 4 is 35.1 Å². The maximum atomic E-state index is 6.51. The largest absolute Gasteiger partial charge is 0.490 e. The fraction of sp³-hybridized carbons (Fsp3) is 0.208. The minimum Gasteiger partial charge on any atom is -0.490 e. The summed E-state index contributed by atoms with van der Waals surface area (Å²) in [5.41, 5.74) is 4.93. The summed E-state index contributed by atoms with van der Waals surface area (Å²) in [6, 6.07) is 17.4. The molecule has 3 rings (SSSR count).